The zero-order valence-electron chi connectivity index (χ0n) is 22.4. The number of fused-ring (bicyclic) bond motifs is 1. The number of nitrogens with zero attached hydrogens (tertiary/aromatic N) is 1. The Hall–Kier alpha value is -3.64. The lowest BCUT2D eigenvalue weighted by molar-refractivity contribution is -0.140. The predicted octanol–water partition coefficient (Wildman–Crippen LogP) is 8.75. The molecule has 0 atom stereocenters. The van der Waals surface area contributed by atoms with Gasteiger partial charge in [-0.3, -0.25) is 4.79 Å². The molecule has 0 N–H and O–H groups in total. The summed E-state index contributed by atoms with van der Waals surface area (Å²) < 4.78 is 5.79. The van der Waals surface area contributed by atoms with Crippen molar-refractivity contribution >= 4 is 40.2 Å². The average Bonchev–Trinajstić information content (AvgIpc) is 3.37. The highest BCUT2D eigenvalue weighted by molar-refractivity contribution is 7.99. The first-order valence-electron chi connectivity index (χ1n) is 13.6. The summed E-state index contributed by atoms with van der Waals surface area (Å²) in [5.41, 5.74) is 4.22. The van der Waals surface area contributed by atoms with E-state index in [4.69, 9.17) is 9.25 Å². The van der Waals surface area contributed by atoms with Crippen LogP contribution in [0.25, 0.3) is 11.0 Å². The maximum absolute atomic E-state index is 13.0. The van der Waals surface area contributed by atoms with Crippen molar-refractivity contribution in [2.24, 2.45) is 11.1 Å². The van der Waals surface area contributed by atoms with Crippen molar-refractivity contribution in [2.75, 3.05) is 0 Å². The van der Waals surface area contributed by atoms with Gasteiger partial charge in [0.25, 0.3) is 0 Å². The van der Waals surface area contributed by atoms with Crippen LogP contribution in [0.3, 0.4) is 0 Å². The van der Waals surface area contributed by atoms with E-state index in [2.05, 4.69) is 17.3 Å². The molecule has 0 unspecified atom stereocenters. The van der Waals surface area contributed by atoms with Crippen LogP contribution in [0.4, 0.5) is 0 Å². The average molecular weight is 540 g/mol. The summed E-state index contributed by atoms with van der Waals surface area (Å²) in [6.45, 7) is 3.39. The molecule has 0 spiro atoms. The van der Waals surface area contributed by atoms with Gasteiger partial charge in [0.05, 0.1) is 5.71 Å². The van der Waals surface area contributed by atoms with E-state index in [1.54, 1.807) is 11.8 Å². The minimum absolute atomic E-state index is 0.127. The molecule has 0 aliphatic heterocycles. The molecule has 0 saturated heterocycles. The predicted molar refractivity (Wildman–Crippen MR) is 156 cm³/mol. The lowest BCUT2D eigenvalue weighted by atomic mass is 9.85. The molecule has 1 aliphatic carbocycles. The molecule has 5 nitrogen and oxygen atoms in total. The summed E-state index contributed by atoms with van der Waals surface area (Å²) in [6.07, 6.45) is 8.37. The van der Waals surface area contributed by atoms with Crippen LogP contribution in [-0.2, 0) is 9.63 Å². The van der Waals surface area contributed by atoms with Crippen molar-refractivity contribution in [1.29, 1.82) is 0 Å². The summed E-state index contributed by atoms with van der Waals surface area (Å²) in [7, 11) is 0. The second-order valence-corrected chi connectivity index (χ2v) is 11.4. The number of hydrogen-bond acceptors (Lipinski definition) is 6. The van der Waals surface area contributed by atoms with Crippen LogP contribution in [0.15, 0.2) is 92.2 Å². The van der Waals surface area contributed by atoms with Crippen LogP contribution in [0.5, 0.6) is 0 Å². The number of oxime groups is 1. The van der Waals surface area contributed by atoms with Crippen molar-refractivity contribution < 1.29 is 18.8 Å². The van der Waals surface area contributed by atoms with E-state index < -0.39 is 5.97 Å². The van der Waals surface area contributed by atoms with Crippen LogP contribution < -0.4 is 0 Å². The summed E-state index contributed by atoms with van der Waals surface area (Å²) in [5.74, 6) is 0.538. The summed E-state index contributed by atoms with van der Waals surface area (Å²) in [6, 6.07) is 23.5. The van der Waals surface area contributed by atoms with E-state index >= 15 is 0 Å². The van der Waals surface area contributed by atoms with Gasteiger partial charge in [0.1, 0.15) is 5.58 Å². The number of hydrogen-bond donors (Lipinski definition) is 0. The molecule has 1 fully saturated rings. The van der Waals surface area contributed by atoms with Gasteiger partial charge in [-0.2, -0.15) is 0 Å². The third-order valence-electron chi connectivity index (χ3n) is 7.23. The molecule has 39 heavy (non-hydrogen) atoms. The number of carbonyl (C=O) groups excluding carboxylic acids is 2. The molecule has 0 bridgehead atoms. The molecule has 6 heteroatoms. The van der Waals surface area contributed by atoms with E-state index in [9.17, 15) is 9.59 Å². The molecule has 5 rings (SSSR count). The number of aryl methyl sites for hydroxylation is 1. The Kier molecular flexibility index (Phi) is 8.62. The van der Waals surface area contributed by atoms with Gasteiger partial charge in [0.15, 0.2) is 5.76 Å². The lowest BCUT2D eigenvalue weighted by Gasteiger charge is -2.21. The van der Waals surface area contributed by atoms with E-state index in [0.29, 0.717) is 11.3 Å². The van der Waals surface area contributed by atoms with Crippen LogP contribution >= 0.6 is 11.8 Å². The minimum atomic E-state index is -0.408. The zero-order valence-corrected chi connectivity index (χ0v) is 23.3. The molecule has 1 heterocycles. The molecule has 0 radical (unpaired) electrons. The molecule has 0 amide bonds. The Morgan fingerprint density at radius 1 is 0.897 bits per heavy atom. The molecular weight excluding hydrogens is 506 g/mol. The monoisotopic (exact) mass is 539 g/mol. The third kappa shape index (κ3) is 7.07. The summed E-state index contributed by atoms with van der Waals surface area (Å²) >= 11 is 1.62. The van der Waals surface area contributed by atoms with Gasteiger partial charge in [-0.1, -0.05) is 72.8 Å². The number of ketones is 1. The van der Waals surface area contributed by atoms with Crippen LogP contribution in [-0.4, -0.2) is 17.5 Å². The summed E-state index contributed by atoms with van der Waals surface area (Å²) in [4.78, 5) is 31.5. The van der Waals surface area contributed by atoms with Gasteiger partial charge in [0, 0.05) is 27.7 Å². The van der Waals surface area contributed by atoms with E-state index in [1.165, 1.54) is 39.0 Å². The van der Waals surface area contributed by atoms with Crippen molar-refractivity contribution in [3.63, 3.8) is 0 Å². The van der Waals surface area contributed by atoms with Crippen molar-refractivity contribution in [2.45, 2.75) is 68.6 Å². The van der Waals surface area contributed by atoms with Gasteiger partial charge in [-0.25, -0.2) is 4.79 Å². The lowest BCUT2D eigenvalue weighted by Crippen LogP contribution is -2.10. The first-order valence-corrected chi connectivity index (χ1v) is 14.4. The quantitative estimate of drug-likeness (QED) is 0.0920. The van der Waals surface area contributed by atoms with Gasteiger partial charge in [0.2, 0.25) is 5.78 Å². The van der Waals surface area contributed by atoms with Crippen molar-refractivity contribution in [3.8, 4) is 0 Å². The molecule has 200 valence electrons. The standard InChI is InChI=1S/C33H33NO4S/c1-22-8-19-31-27(20-22)21-32(37-31)33(36)26-12-16-29(17-13-26)39-28-14-10-25(11-15-28)30(34-38-23(2)35)18-9-24-6-4-3-5-7-24/h8,10-17,19-21,24H,3-7,9,18H2,1-2H3/b34-30+. The summed E-state index contributed by atoms with van der Waals surface area (Å²) in [5, 5.41) is 5.12. The topological polar surface area (TPSA) is 68.9 Å². The van der Waals surface area contributed by atoms with E-state index in [1.807, 2.05) is 67.6 Å². The number of furan rings is 1. The molecule has 3 aromatic carbocycles. The SMILES string of the molecule is CC(=O)O/N=C(\CCC1CCCCC1)c1ccc(Sc2ccc(C(=O)c3cc4cc(C)ccc4o3)cc2)cc1. The first-order chi connectivity index (χ1) is 18.9. The van der Waals surface area contributed by atoms with Gasteiger partial charge in [-0.05, 0) is 85.8 Å². The Labute approximate surface area is 233 Å². The van der Waals surface area contributed by atoms with Crippen LogP contribution in [0.2, 0.25) is 0 Å². The molecule has 1 saturated carbocycles. The highest BCUT2D eigenvalue weighted by Crippen LogP contribution is 2.31. The first kappa shape index (κ1) is 26.9. The van der Waals surface area contributed by atoms with Crippen molar-refractivity contribution in [3.05, 3.63) is 95.2 Å². The Morgan fingerprint density at radius 2 is 1.56 bits per heavy atom. The fourth-order valence-electron chi connectivity index (χ4n) is 5.12. The fourth-order valence-corrected chi connectivity index (χ4v) is 5.94. The maximum Gasteiger partial charge on any atom is 0.331 e. The Balaban J connectivity index is 1.23. The Morgan fingerprint density at radius 3 is 2.23 bits per heavy atom. The second kappa shape index (κ2) is 12.5. The maximum atomic E-state index is 13.0. The minimum Gasteiger partial charge on any atom is -0.453 e. The fraction of sp³-hybridized carbons (Fsp3) is 0.303. The van der Waals surface area contributed by atoms with Gasteiger partial charge < -0.3 is 9.25 Å². The molecule has 4 aromatic rings. The second-order valence-electron chi connectivity index (χ2n) is 10.3. The van der Waals surface area contributed by atoms with E-state index in [-0.39, 0.29) is 5.78 Å². The van der Waals surface area contributed by atoms with Crippen molar-refractivity contribution in [1.82, 2.24) is 0 Å². The number of rotatable bonds is 9. The molecular formula is C33H33NO4S. The number of benzene rings is 3. The van der Waals surface area contributed by atoms with Gasteiger partial charge in [-0.15, -0.1) is 0 Å². The zero-order chi connectivity index (χ0) is 27.2. The molecule has 1 aliphatic rings. The third-order valence-corrected chi connectivity index (χ3v) is 8.25. The van der Waals surface area contributed by atoms with Gasteiger partial charge >= 0.3 is 5.97 Å². The Bertz CT molecular complexity index is 1480. The smallest absolute Gasteiger partial charge is 0.331 e. The highest BCUT2D eigenvalue weighted by Gasteiger charge is 2.17. The highest BCUT2D eigenvalue weighted by atomic mass is 32.2. The largest absolute Gasteiger partial charge is 0.453 e. The van der Waals surface area contributed by atoms with Crippen LogP contribution in [0.1, 0.15) is 79.1 Å². The molecule has 1 aromatic heterocycles. The van der Waals surface area contributed by atoms with Crippen LogP contribution in [0, 0.1) is 12.8 Å². The normalized spacial score (nSPS) is 14.5. The van der Waals surface area contributed by atoms with E-state index in [0.717, 1.165) is 56.4 Å². The number of carbonyl (C=O) groups is 2.